The molecule has 0 amide bonds. The predicted molar refractivity (Wildman–Crippen MR) is 83.0 cm³/mol. The number of carboxylic acids is 1. The largest absolute Gasteiger partial charge is 0.478 e. The summed E-state index contributed by atoms with van der Waals surface area (Å²) in [6.45, 7) is 0. The molecule has 0 radical (unpaired) electrons. The molecule has 112 valence electrons. The monoisotopic (exact) mass is 285 g/mol. The molecule has 21 heavy (non-hydrogen) atoms. The molecule has 1 aliphatic heterocycles. The van der Waals surface area contributed by atoms with Crippen LogP contribution in [0.25, 0.3) is 0 Å². The Morgan fingerprint density at radius 1 is 1.14 bits per heavy atom. The van der Waals surface area contributed by atoms with E-state index in [1.54, 1.807) is 6.07 Å². The normalized spacial score (nSPS) is 28.9. The molecule has 3 aliphatic rings. The summed E-state index contributed by atoms with van der Waals surface area (Å²) >= 11 is 0. The topological polar surface area (TPSA) is 40.5 Å². The van der Waals surface area contributed by atoms with Gasteiger partial charge in [0, 0.05) is 24.7 Å². The van der Waals surface area contributed by atoms with Crippen molar-refractivity contribution in [1.29, 1.82) is 0 Å². The van der Waals surface area contributed by atoms with Crippen molar-refractivity contribution in [2.75, 3.05) is 11.9 Å². The number of aromatic carboxylic acids is 1. The molecule has 4 rings (SSSR count). The van der Waals surface area contributed by atoms with Crippen LogP contribution in [0.3, 0.4) is 0 Å². The lowest BCUT2D eigenvalue weighted by Gasteiger charge is -2.30. The van der Waals surface area contributed by atoms with Gasteiger partial charge in [0.25, 0.3) is 0 Å². The van der Waals surface area contributed by atoms with Crippen molar-refractivity contribution in [2.45, 2.75) is 50.5 Å². The lowest BCUT2D eigenvalue weighted by Crippen LogP contribution is -2.35. The summed E-state index contributed by atoms with van der Waals surface area (Å²) in [6, 6.07) is 6.39. The van der Waals surface area contributed by atoms with E-state index in [9.17, 15) is 9.90 Å². The van der Waals surface area contributed by atoms with Crippen molar-refractivity contribution in [1.82, 2.24) is 0 Å². The molecule has 0 aromatic heterocycles. The average molecular weight is 285 g/mol. The first-order chi connectivity index (χ1) is 10.2. The fraction of sp³-hybridized carbons (Fsp3) is 0.611. The van der Waals surface area contributed by atoms with Gasteiger partial charge in [0.1, 0.15) is 0 Å². The minimum atomic E-state index is -0.821. The van der Waals surface area contributed by atoms with Crippen LogP contribution in [0.2, 0.25) is 0 Å². The summed E-state index contributed by atoms with van der Waals surface area (Å²) in [5.74, 6) is 1.43. The molecule has 1 aromatic carbocycles. The molecular weight excluding hydrogens is 262 g/mol. The number of carboxylic acid groups (broad SMARTS) is 1. The molecule has 1 N–H and O–H groups in total. The van der Waals surface area contributed by atoms with E-state index in [1.807, 2.05) is 6.07 Å². The molecular formula is C18H23NO2. The molecule has 0 bridgehead atoms. The summed E-state index contributed by atoms with van der Waals surface area (Å²) in [6.07, 6.45) is 8.12. The zero-order chi connectivity index (χ0) is 14.6. The molecule has 1 heterocycles. The minimum Gasteiger partial charge on any atom is -0.478 e. The van der Waals surface area contributed by atoms with Crippen LogP contribution in [0.15, 0.2) is 18.2 Å². The number of carbonyl (C=O) groups is 1. The molecule has 3 nitrogen and oxygen atoms in total. The van der Waals surface area contributed by atoms with Gasteiger partial charge in [-0.1, -0.05) is 18.9 Å². The van der Waals surface area contributed by atoms with Crippen LogP contribution < -0.4 is 4.90 Å². The molecule has 2 unspecified atom stereocenters. The van der Waals surface area contributed by atoms with E-state index in [2.05, 4.69) is 18.0 Å². The Bertz CT molecular complexity index is 573. The highest BCUT2D eigenvalue weighted by Gasteiger charge is 2.48. The third kappa shape index (κ3) is 2.05. The average Bonchev–Trinajstić information content (AvgIpc) is 3.08. The standard InChI is InChI=1S/C18H23NO2/c1-19-15-10-13(18(20)21)8-9-14(15)16(11-4-2-3-5-11)17(19)12-6-7-12/h8-12,16-17H,2-7H2,1H3,(H,20,21). The van der Waals surface area contributed by atoms with Gasteiger partial charge < -0.3 is 10.0 Å². The SMILES string of the molecule is CN1c2cc(C(=O)O)ccc2C(C2CCCC2)C1C1CC1. The maximum absolute atomic E-state index is 11.3. The Morgan fingerprint density at radius 3 is 2.48 bits per heavy atom. The lowest BCUT2D eigenvalue weighted by atomic mass is 9.80. The maximum atomic E-state index is 11.3. The summed E-state index contributed by atoms with van der Waals surface area (Å²) in [5.41, 5.74) is 3.00. The third-order valence-electron chi connectivity index (χ3n) is 5.84. The van der Waals surface area contributed by atoms with Crippen LogP contribution in [-0.2, 0) is 0 Å². The van der Waals surface area contributed by atoms with Gasteiger partial charge in [-0.2, -0.15) is 0 Å². The van der Waals surface area contributed by atoms with Gasteiger partial charge in [-0.25, -0.2) is 4.79 Å². The van der Waals surface area contributed by atoms with Crippen LogP contribution >= 0.6 is 0 Å². The van der Waals surface area contributed by atoms with E-state index in [0.717, 1.165) is 11.8 Å². The van der Waals surface area contributed by atoms with Crippen molar-refractivity contribution < 1.29 is 9.90 Å². The maximum Gasteiger partial charge on any atom is 0.335 e. The van der Waals surface area contributed by atoms with Gasteiger partial charge >= 0.3 is 5.97 Å². The highest BCUT2D eigenvalue weighted by atomic mass is 16.4. The van der Waals surface area contributed by atoms with Crippen LogP contribution in [0.1, 0.15) is 60.4 Å². The second-order valence-corrected chi connectivity index (χ2v) is 7.09. The van der Waals surface area contributed by atoms with Crippen molar-refractivity contribution >= 4 is 11.7 Å². The molecule has 2 fully saturated rings. The van der Waals surface area contributed by atoms with E-state index in [-0.39, 0.29) is 0 Å². The quantitative estimate of drug-likeness (QED) is 0.916. The first-order valence-corrected chi connectivity index (χ1v) is 8.27. The van der Waals surface area contributed by atoms with Crippen molar-refractivity contribution in [2.24, 2.45) is 11.8 Å². The van der Waals surface area contributed by atoms with Gasteiger partial charge in [0.15, 0.2) is 0 Å². The fourth-order valence-electron chi connectivity index (χ4n) is 4.75. The molecule has 2 atom stereocenters. The number of rotatable bonds is 3. The Balaban J connectivity index is 1.76. The van der Waals surface area contributed by atoms with Crippen molar-refractivity contribution in [3.8, 4) is 0 Å². The van der Waals surface area contributed by atoms with Gasteiger partial charge in [0.2, 0.25) is 0 Å². The van der Waals surface area contributed by atoms with E-state index in [0.29, 0.717) is 17.5 Å². The number of fused-ring (bicyclic) bond motifs is 1. The van der Waals surface area contributed by atoms with Gasteiger partial charge in [0.05, 0.1) is 5.56 Å². The Labute approximate surface area is 126 Å². The summed E-state index contributed by atoms with van der Waals surface area (Å²) in [7, 11) is 2.17. The molecule has 2 aliphatic carbocycles. The fourth-order valence-corrected chi connectivity index (χ4v) is 4.75. The Morgan fingerprint density at radius 2 is 1.86 bits per heavy atom. The minimum absolute atomic E-state index is 0.419. The highest BCUT2D eigenvalue weighted by molar-refractivity contribution is 5.89. The van der Waals surface area contributed by atoms with Gasteiger partial charge in [-0.05, 0) is 55.2 Å². The molecule has 2 saturated carbocycles. The smallest absolute Gasteiger partial charge is 0.335 e. The second-order valence-electron chi connectivity index (χ2n) is 7.09. The number of nitrogens with zero attached hydrogens (tertiary/aromatic N) is 1. The lowest BCUT2D eigenvalue weighted by molar-refractivity contribution is 0.0697. The van der Waals surface area contributed by atoms with Crippen LogP contribution in [0.5, 0.6) is 0 Å². The highest BCUT2D eigenvalue weighted by Crippen LogP contribution is 2.55. The second kappa shape index (κ2) is 4.75. The van der Waals surface area contributed by atoms with Crippen LogP contribution in [0.4, 0.5) is 5.69 Å². The van der Waals surface area contributed by atoms with Crippen LogP contribution in [-0.4, -0.2) is 24.2 Å². The number of anilines is 1. The summed E-state index contributed by atoms with van der Waals surface area (Å²) in [4.78, 5) is 13.6. The molecule has 3 heteroatoms. The Kier molecular flexibility index (Phi) is 2.98. The van der Waals surface area contributed by atoms with Gasteiger partial charge in [-0.15, -0.1) is 0 Å². The Hall–Kier alpha value is -1.51. The zero-order valence-corrected chi connectivity index (χ0v) is 12.6. The van der Waals surface area contributed by atoms with E-state index >= 15 is 0 Å². The predicted octanol–water partition coefficient (Wildman–Crippen LogP) is 3.89. The summed E-state index contributed by atoms with van der Waals surface area (Å²) < 4.78 is 0. The number of likely N-dealkylation sites (N-methyl/N-ethyl adjacent to an activating group) is 1. The molecule has 0 spiro atoms. The van der Waals surface area contributed by atoms with E-state index in [4.69, 9.17) is 0 Å². The first-order valence-electron chi connectivity index (χ1n) is 8.27. The zero-order valence-electron chi connectivity index (χ0n) is 12.6. The van der Waals surface area contributed by atoms with Gasteiger partial charge in [-0.3, -0.25) is 0 Å². The van der Waals surface area contributed by atoms with E-state index in [1.165, 1.54) is 49.8 Å². The van der Waals surface area contributed by atoms with Crippen molar-refractivity contribution in [3.63, 3.8) is 0 Å². The summed E-state index contributed by atoms with van der Waals surface area (Å²) in [5, 5.41) is 9.25. The van der Waals surface area contributed by atoms with Crippen LogP contribution in [0, 0.1) is 11.8 Å². The number of hydrogen-bond acceptors (Lipinski definition) is 2. The molecule has 0 saturated heterocycles. The molecule has 1 aromatic rings. The third-order valence-corrected chi connectivity index (χ3v) is 5.84. The van der Waals surface area contributed by atoms with E-state index < -0.39 is 5.97 Å². The number of benzene rings is 1. The van der Waals surface area contributed by atoms with Crippen molar-refractivity contribution in [3.05, 3.63) is 29.3 Å². The number of hydrogen-bond donors (Lipinski definition) is 1. The first kappa shape index (κ1) is 13.2.